The lowest BCUT2D eigenvalue weighted by molar-refractivity contribution is 0.0971. The molecule has 6 rings (SSSR count). The molecule has 1 aliphatic rings. The van der Waals surface area contributed by atoms with E-state index in [0.717, 1.165) is 40.9 Å². The summed E-state index contributed by atoms with van der Waals surface area (Å²) in [6.45, 7) is 2.57. The topological polar surface area (TPSA) is 106 Å². The van der Waals surface area contributed by atoms with Crippen LogP contribution in [-0.4, -0.2) is 41.7 Å². The zero-order chi connectivity index (χ0) is 25.4. The van der Waals surface area contributed by atoms with Gasteiger partial charge in [-0.1, -0.05) is 86.1 Å². The first-order chi connectivity index (χ1) is 18.2. The van der Waals surface area contributed by atoms with E-state index in [9.17, 15) is 9.59 Å². The van der Waals surface area contributed by atoms with Crippen LogP contribution in [0.3, 0.4) is 0 Å². The van der Waals surface area contributed by atoms with E-state index in [-0.39, 0.29) is 17.3 Å². The van der Waals surface area contributed by atoms with Crippen molar-refractivity contribution < 1.29 is 9.59 Å². The second kappa shape index (κ2) is 9.39. The molecule has 0 fully saturated rings. The molecule has 37 heavy (non-hydrogen) atoms. The van der Waals surface area contributed by atoms with Gasteiger partial charge >= 0.3 is 0 Å². The number of carbonyl (C=O) groups is 2. The van der Waals surface area contributed by atoms with Gasteiger partial charge in [0.15, 0.2) is 0 Å². The molecule has 0 aliphatic heterocycles. The number of H-pyrrole nitrogens is 1. The van der Waals surface area contributed by atoms with E-state index in [0.29, 0.717) is 35.6 Å². The van der Waals surface area contributed by atoms with Gasteiger partial charge in [0.2, 0.25) is 17.4 Å². The molecular formula is C29H24N6O2. The molecule has 182 valence electrons. The van der Waals surface area contributed by atoms with Crippen LogP contribution < -0.4 is 0 Å². The summed E-state index contributed by atoms with van der Waals surface area (Å²) in [5, 5.41) is 14.4. The lowest BCUT2D eigenvalue weighted by Gasteiger charge is -2.17. The molecule has 2 aromatic heterocycles. The number of hydrogen-bond acceptors (Lipinski definition) is 6. The SMILES string of the molecule is CCCCc1nc2c(n1Cc1ccc(-c3ccccc3-c3nn[nH]n3)cc1)C(=O)c1ccccc1C2=O. The number of nitrogens with one attached hydrogen (secondary N) is 1. The number of benzene rings is 3. The van der Waals surface area contributed by atoms with Crippen LogP contribution in [0.15, 0.2) is 72.8 Å². The van der Waals surface area contributed by atoms with Crippen molar-refractivity contribution in [3.8, 4) is 22.5 Å². The Bertz CT molecular complexity index is 1620. The quantitative estimate of drug-likeness (QED) is 0.343. The highest BCUT2D eigenvalue weighted by Gasteiger charge is 2.35. The molecule has 0 saturated carbocycles. The van der Waals surface area contributed by atoms with Crippen molar-refractivity contribution in [3.63, 3.8) is 0 Å². The molecule has 8 nitrogen and oxygen atoms in total. The highest BCUT2D eigenvalue weighted by atomic mass is 16.1. The van der Waals surface area contributed by atoms with Crippen LogP contribution in [0.25, 0.3) is 22.5 Å². The van der Waals surface area contributed by atoms with Gasteiger partial charge in [-0.2, -0.15) is 5.21 Å². The number of aromatic nitrogens is 6. The summed E-state index contributed by atoms with van der Waals surface area (Å²) in [6, 6.07) is 23.1. The Morgan fingerprint density at radius 2 is 1.49 bits per heavy atom. The Labute approximate surface area is 213 Å². The maximum absolute atomic E-state index is 13.5. The van der Waals surface area contributed by atoms with Crippen molar-refractivity contribution in [2.75, 3.05) is 0 Å². The second-order valence-corrected chi connectivity index (χ2v) is 9.10. The van der Waals surface area contributed by atoms with E-state index in [1.165, 1.54) is 0 Å². The summed E-state index contributed by atoms with van der Waals surface area (Å²) in [4.78, 5) is 31.4. The molecule has 1 aliphatic carbocycles. The molecule has 8 heteroatoms. The molecular weight excluding hydrogens is 464 g/mol. The maximum Gasteiger partial charge on any atom is 0.214 e. The van der Waals surface area contributed by atoms with Crippen molar-refractivity contribution in [2.45, 2.75) is 32.7 Å². The van der Waals surface area contributed by atoms with Crippen molar-refractivity contribution >= 4 is 11.6 Å². The lowest BCUT2D eigenvalue weighted by atomic mass is 9.90. The second-order valence-electron chi connectivity index (χ2n) is 9.10. The molecule has 0 atom stereocenters. The third kappa shape index (κ3) is 3.96. The molecule has 0 radical (unpaired) electrons. The van der Waals surface area contributed by atoms with E-state index >= 15 is 0 Å². The molecule has 1 N–H and O–H groups in total. The fourth-order valence-corrected chi connectivity index (χ4v) is 4.90. The van der Waals surface area contributed by atoms with Crippen LogP contribution in [0.5, 0.6) is 0 Å². The van der Waals surface area contributed by atoms with Gasteiger partial charge < -0.3 is 4.57 Å². The lowest BCUT2D eigenvalue weighted by Crippen LogP contribution is -2.23. The van der Waals surface area contributed by atoms with Gasteiger partial charge in [0.25, 0.3) is 0 Å². The number of unbranched alkanes of at least 4 members (excludes halogenated alkanes) is 1. The third-order valence-electron chi connectivity index (χ3n) is 6.77. The van der Waals surface area contributed by atoms with Crippen LogP contribution >= 0.6 is 0 Å². The normalized spacial score (nSPS) is 12.5. The molecule has 2 heterocycles. The summed E-state index contributed by atoms with van der Waals surface area (Å²) in [6.07, 6.45) is 2.63. The van der Waals surface area contributed by atoms with Gasteiger partial charge in [0.05, 0.1) is 0 Å². The number of ketones is 2. The van der Waals surface area contributed by atoms with Crippen LogP contribution in [0.2, 0.25) is 0 Å². The minimum absolute atomic E-state index is 0.147. The average molecular weight is 489 g/mol. The van der Waals surface area contributed by atoms with Crippen LogP contribution in [-0.2, 0) is 13.0 Å². The Balaban J connectivity index is 1.37. The minimum Gasteiger partial charge on any atom is -0.320 e. The molecule has 0 unspecified atom stereocenters. The van der Waals surface area contributed by atoms with E-state index in [1.54, 1.807) is 24.3 Å². The average Bonchev–Trinajstić information content (AvgIpc) is 3.60. The van der Waals surface area contributed by atoms with Crippen LogP contribution in [0, 0.1) is 0 Å². The number of imidazole rings is 1. The largest absolute Gasteiger partial charge is 0.320 e. The number of aromatic amines is 1. The number of tetrazole rings is 1. The number of aryl methyl sites for hydroxylation is 1. The Morgan fingerprint density at radius 3 is 2.16 bits per heavy atom. The van der Waals surface area contributed by atoms with Gasteiger partial charge in [-0.05, 0) is 28.3 Å². The summed E-state index contributed by atoms with van der Waals surface area (Å²) < 4.78 is 1.93. The van der Waals surface area contributed by atoms with E-state index in [4.69, 9.17) is 0 Å². The summed E-state index contributed by atoms with van der Waals surface area (Å²) in [7, 11) is 0. The van der Waals surface area contributed by atoms with Crippen LogP contribution in [0.1, 0.15) is 63.3 Å². The van der Waals surface area contributed by atoms with Crippen molar-refractivity contribution in [2.24, 2.45) is 0 Å². The maximum atomic E-state index is 13.5. The highest BCUT2D eigenvalue weighted by Crippen LogP contribution is 2.31. The van der Waals surface area contributed by atoms with Crippen molar-refractivity contribution in [1.82, 2.24) is 30.2 Å². The zero-order valence-corrected chi connectivity index (χ0v) is 20.3. The molecule has 0 amide bonds. The predicted octanol–water partition coefficient (Wildman–Crippen LogP) is 4.90. The van der Waals surface area contributed by atoms with Crippen LogP contribution in [0.4, 0.5) is 0 Å². The predicted molar refractivity (Wildman–Crippen MR) is 138 cm³/mol. The number of fused-ring (bicyclic) bond motifs is 2. The minimum atomic E-state index is -0.185. The number of carbonyl (C=O) groups excluding carboxylic acids is 2. The fraction of sp³-hybridized carbons (Fsp3) is 0.172. The van der Waals surface area contributed by atoms with Gasteiger partial charge in [-0.15, -0.1) is 10.2 Å². The first kappa shape index (κ1) is 22.7. The van der Waals surface area contributed by atoms with E-state index in [2.05, 4.69) is 32.5 Å². The van der Waals surface area contributed by atoms with Gasteiger partial charge in [0.1, 0.15) is 17.2 Å². The van der Waals surface area contributed by atoms with Gasteiger partial charge in [-0.25, -0.2) is 4.98 Å². The zero-order valence-electron chi connectivity index (χ0n) is 20.3. The monoisotopic (exact) mass is 488 g/mol. The van der Waals surface area contributed by atoms with E-state index < -0.39 is 0 Å². The molecule has 3 aromatic carbocycles. The Morgan fingerprint density at radius 1 is 0.811 bits per heavy atom. The fourth-order valence-electron chi connectivity index (χ4n) is 4.90. The number of nitrogens with zero attached hydrogens (tertiary/aromatic N) is 5. The van der Waals surface area contributed by atoms with Crippen molar-refractivity contribution in [3.05, 3.63) is 107 Å². The Kier molecular flexibility index (Phi) is 5.76. The van der Waals surface area contributed by atoms with Gasteiger partial charge in [0, 0.05) is 29.7 Å². The summed E-state index contributed by atoms with van der Waals surface area (Å²) in [5.74, 6) is 0.975. The van der Waals surface area contributed by atoms with E-state index in [1.807, 2.05) is 53.1 Å². The molecule has 0 saturated heterocycles. The first-order valence-electron chi connectivity index (χ1n) is 12.4. The highest BCUT2D eigenvalue weighted by molar-refractivity contribution is 6.27. The molecule has 0 bridgehead atoms. The molecule has 5 aromatic rings. The first-order valence-corrected chi connectivity index (χ1v) is 12.4. The summed E-state index contributed by atoms with van der Waals surface area (Å²) >= 11 is 0. The number of rotatable bonds is 7. The number of hydrogen-bond donors (Lipinski definition) is 1. The van der Waals surface area contributed by atoms with Gasteiger partial charge in [-0.3, -0.25) is 9.59 Å². The Hall–Kier alpha value is -4.72. The smallest absolute Gasteiger partial charge is 0.214 e. The summed E-state index contributed by atoms with van der Waals surface area (Å²) in [5.41, 5.74) is 5.43. The van der Waals surface area contributed by atoms with Crippen molar-refractivity contribution in [1.29, 1.82) is 0 Å². The standard InChI is InChI=1S/C29H24N6O2/c1-2-3-12-24-30-25-26(28(37)22-10-6-5-9-21(22)27(25)36)35(24)17-18-13-15-19(16-14-18)20-8-4-7-11-23(20)29-31-33-34-32-29/h4-11,13-16H,2-3,12,17H2,1H3,(H,31,32,33,34). The third-order valence-corrected chi connectivity index (χ3v) is 6.77. The molecule has 0 spiro atoms.